The van der Waals surface area contributed by atoms with Gasteiger partial charge in [0, 0.05) is 10.8 Å². The third-order valence-electron chi connectivity index (χ3n) is 2.81. The number of nitrogens with zero attached hydrogens (tertiary/aromatic N) is 2. The van der Waals surface area contributed by atoms with Gasteiger partial charge in [0.2, 0.25) is 0 Å². The van der Waals surface area contributed by atoms with Gasteiger partial charge in [0.25, 0.3) is 5.89 Å². The Labute approximate surface area is 116 Å². The molecule has 0 spiro atoms. The lowest BCUT2D eigenvalue weighted by molar-refractivity contribution is 0.425. The number of rotatable bonds is 5. The maximum absolute atomic E-state index is 9.37. The molecule has 0 fully saturated rings. The van der Waals surface area contributed by atoms with Crippen LogP contribution in [-0.4, -0.2) is 20.5 Å². The standard InChI is InChI=1S/C13H17N3O2S/c1-3-8(2)19-7-12-15-13(18-16-12)9-4-5-11(17)10(14)6-9/h4-6,8,17H,3,7,14H2,1-2H3. The molecule has 0 radical (unpaired) electrons. The average Bonchev–Trinajstić information content (AvgIpc) is 2.88. The summed E-state index contributed by atoms with van der Waals surface area (Å²) in [4.78, 5) is 4.32. The zero-order valence-corrected chi connectivity index (χ0v) is 11.8. The number of phenols is 1. The quantitative estimate of drug-likeness (QED) is 0.646. The smallest absolute Gasteiger partial charge is 0.258 e. The number of benzene rings is 1. The Morgan fingerprint density at radius 1 is 1.47 bits per heavy atom. The molecule has 0 amide bonds. The molecule has 1 aromatic heterocycles. The number of nitrogen functional groups attached to an aromatic ring is 1. The molecular formula is C13H17N3O2S. The number of aromatic hydroxyl groups is 1. The van der Waals surface area contributed by atoms with Crippen LogP contribution in [0, 0.1) is 0 Å². The maximum atomic E-state index is 9.37. The molecule has 0 aliphatic heterocycles. The fourth-order valence-corrected chi connectivity index (χ4v) is 2.24. The number of hydrogen-bond donors (Lipinski definition) is 2. The normalized spacial score (nSPS) is 12.5. The van der Waals surface area contributed by atoms with E-state index in [1.54, 1.807) is 23.9 Å². The zero-order chi connectivity index (χ0) is 13.8. The highest BCUT2D eigenvalue weighted by Gasteiger charge is 2.11. The lowest BCUT2D eigenvalue weighted by Gasteiger charge is -2.04. The van der Waals surface area contributed by atoms with Gasteiger partial charge in [-0.05, 0) is 24.6 Å². The van der Waals surface area contributed by atoms with Crippen LogP contribution in [0.5, 0.6) is 5.75 Å². The first-order valence-corrected chi connectivity index (χ1v) is 7.18. The summed E-state index contributed by atoms with van der Waals surface area (Å²) in [5.74, 6) is 1.88. The van der Waals surface area contributed by atoms with Crippen molar-refractivity contribution in [3.63, 3.8) is 0 Å². The van der Waals surface area contributed by atoms with Gasteiger partial charge < -0.3 is 15.4 Å². The predicted octanol–water partition coefficient (Wildman–Crippen LogP) is 3.06. The highest BCUT2D eigenvalue weighted by atomic mass is 32.2. The molecule has 1 heterocycles. The summed E-state index contributed by atoms with van der Waals surface area (Å²) in [5.41, 5.74) is 6.65. The summed E-state index contributed by atoms with van der Waals surface area (Å²) in [7, 11) is 0. The molecule has 0 aliphatic rings. The van der Waals surface area contributed by atoms with Gasteiger partial charge in [-0.15, -0.1) is 0 Å². The van der Waals surface area contributed by atoms with Crippen LogP contribution >= 0.6 is 11.8 Å². The van der Waals surface area contributed by atoms with Gasteiger partial charge in [-0.3, -0.25) is 0 Å². The first-order valence-electron chi connectivity index (χ1n) is 6.13. The largest absolute Gasteiger partial charge is 0.506 e. The molecule has 2 aromatic rings. The first kappa shape index (κ1) is 13.7. The van der Waals surface area contributed by atoms with Crippen molar-refractivity contribution in [1.29, 1.82) is 0 Å². The predicted molar refractivity (Wildman–Crippen MR) is 76.9 cm³/mol. The SMILES string of the molecule is CCC(C)SCc1noc(-c2ccc(O)c(N)c2)n1. The molecule has 0 saturated carbocycles. The second kappa shape index (κ2) is 5.97. The molecule has 0 bridgehead atoms. The van der Waals surface area contributed by atoms with Gasteiger partial charge in [0.05, 0.1) is 11.4 Å². The van der Waals surface area contributed by atoms with Crippen LogP contribution in [0.3, 0.4) is 0 Å². The second-order valence-electron chi connectivity index (χ2n) is 4.32. The van der Waals surface area contributed by atoms with Crippen molar-refractivity contribution in [3.05, 3.63) is 24.0 Å². The Hall–Kier alpha value is -1.69. The third kappa shape index (κ3) is 3.41. The van der Waals surface area contributed by atoms with Gasteiger partial charge in [0.15, 0.2) is 5.82 Å². The van der Waals surface area contributed by atoms with Crippen LogP contribution in [0.25, 0.3) is 11.5 Å². The van der Waals surface area contributed by atoms with Crippen molar-refractivity contribution in [2.75, 3.05) is 5.73 Å². The molecule has 1 aromatic carbocycles. The summed E-state index contributed by atoms with van der Waals surface area (Å²) in [6.45, 7) is 4.32. The lowest BCUT2D eigenvalue weighted by Crippen LogP contribution is -1.94. The van der Waals surface area contributed by atoms with Crippen molar-refractivity contribution >= 4 is 17.4 Å². The zero-order valence-electron chi connectivity index (χ0n) is 11.0. The highest BCUT2D eigenvalue weighted by molar-refractivity contribution is 7.99. The number of anilines is 1. The van der Waals surface area contributed by atoms with Gasteiger partial charge in [-0.25, -0.2) is 0 Å². The number of phenolic OH excluding ortho intramolecular Hbond substituents is 1. The van der Waals surface area contributed by atoms with Gasteiger partial charge >= 0.3 is 0 Å². The monoisotopic (exact) mass is 279 g/mol. The molecule has 0 aliphatic carbocycles. The summed E-state index contributed by atoms with van der Waals surface area (Å²) < 4.78 is 5.20. The fraction of sp³-hybridized carbons (Fsp3) is 0.385. The Morgan fingerprint density at radius 2 is 2.26 bits per heavy atom. The molecule has 3 N–H and O–H groups in total. The minimum atomic E-state index is 0.0517. The van der Waals surface area contributed by atoms with E-state index in [0.29, 0.717) is 28.2 Å². The number of nitrogens with two attached hydrogens (primary N) is 1. The number of hydrogen-bond acceptors (Lipinski definition) is 6. The van der Waals surface area contributed by atoms with Crippen molar-refractivity contribution in [3.8, 4) is 17.2 Å². The van der Waals surface area contributed by atoms with E-state index in [2.05, 4.69) is 24.0 Å². The van der Waals surface area contributed by atoms with E-state index in [1.807, 2.05) is 0 Å². The van der Waals surface area contributed by atoms with Crippen molar-refractivity contribution in [2.24, 2.45) is 0 Å². The molecule has 102 valence electrons. The third-order valence-corrected chi connectivity index (χ3v) is 4.14. The Kier molecular flexibility index (Phi) is 4.31. The molecule has 5 nitrogen and oxygen atoms in total. The van der Waals surface area contributed by atoms with Crippen LogP contribution in [0.15, 0.2) is 22.7 Å². The Bertz CT molecular complexity index is 557. The Balaban J connectivity index is 2.09. The van der Waals surface area contributed by atoms with Gasteiger partial charge in [-0.2, -0.15) is 16.7 Å². The number of aromatic nitrogens is 2. The average molecular weight is 279 g/mol. The lowest BCUT2D eigenvalue weighted by atomic mass is 10.2. The van der Waals surface area contributed by atoms with Crippen molar-refractivity contribution in [1.82, 2.24) is 10.1 Å². The molecule has 1 atom stereocenters. The van der Waals surface area contributed by atoms with E-state index < -0.39 is 0 Å². The highest BCUT2D eigenvalue weighted by Crippen LogP contribution is 2.27. The van der Waals surface area contributed by atoms with E-state index in [9.17, 15) is 5.11 Å². The van der Waals surface area contributed by atoms with E-state index >= 15 is 0 Å². The fourth-order valence-electron chi connectivity index (χ4n) is 1.45. The molecule has 2 rings (SSSR count). The molecule has 0 saturated heterocycles. The summed E-state index contributed by atoms with van der Waals surface area (Å²) >= 11 is 1.79. The van der Waals surface area contributed by atoms with E-state index in [-0.39, 0.29) is 5.75 Å². The first-order chi connectivity index (χ1) is 9.10. The molecule has 1 unspecified atom stereocenters. The van der Waals surface area contributed by atoms with Crippen LogP contribution in [0.1, 0.15) is 26.1 Å². The Morgan fingerprint density at radius 3 is 2.95 bits per heavy atom. The molecule has 6 heteroatoms. The summed E-state index contributed by atoms with van der Waals surface area (Å²) in [5, 5.41) is 13.9. The van der Waals surface area contributed by atoms with Crippen molar-refractivity contribution in [2.45, 2.75) is 31.3 Å². The van der Waals surface area contributed by atoms with E-state index in [0.717, 1.165) is 12.2 Å². The minimum absolute atomic E-state index is 0.0517. The van der Waals surface area contributed by atoms with E-state index in [1.165, 1.54) is 6.07 Å². The van der Waals surface area contributed by atoms with Crippen LogP contribution in [0.2, 0.25) is 0 Å². The van der Waals surface area contributed by atoms with Crippen LogP contribution in [-0.2, 0) is 5.75 Å². The maximum Gasteiger partial charge on any atom is 0.258 e. The van der Waals surface area contributed by atoms with E-state index in [4.69, 9.17) is 10.3 Å². The van der Waals surface area contributed by atoms with Gasteiger partial charge in [0.1, 0.15) is 5.75 Å². The van der Waals surface area contributed by atoms with Crippen molar-refractivity contribution < 1.29 is 9.63 Å². The van der Waals surface area contributed by atoms with Crippen LogP contribution < -0.4 is 5.73 Å². The van der Waals surface area contributed by atoms with Gasteiger partial charge in [-0.1, -0.05) is 19.0 Å². The molecular weight excluding hydrogens is 262 g/mol. The summed E-state index contributed by atoms with van der Waals surface area (Å²) in [6, 6.07) is 4.84. The number of thioether (sulfide) groups is 1. The second-order valence-corrected chi connectivity index (χ2v) is 5.75. The summed E-state index contributed by atoms with van der Waals surface area (Å²) in [6.07, 6.45) is 1.11. The minimum Gasteiger partial charge on any atom is -0.506 e. The molecule has 19 heavy (non-hydrogen) atoms. The van der Waals surface area contributed by atoms with Crippen LogP contribution in [0.4, 0.5) is 5.69 Å². The topological polar surface area (TPSA) is 85.2 Å².